The Morgan fingerprint density at radius 3 is 2.62 bits per heavy atom. The first kappa shape index (κ1) is 15.3. The number of rotatable bonds is 9. The molecule has 0 saturated heterocycles. The van der Waals surface area contributed by atoms with Gasteiger partial charge in [0, 0.05) is 19.7 Å². The average molecular weight is 232 g/mol. The standard InChI is InChI=1S/C11H24N2O3/c1-9(2)6-10(8-14)13-7-11(15)12-4-5-16-3/h9-10,13-14H,4-8H2,1-3H3,(H,12,15). The summed E-state index contributed by atoms with van der Waals surface area (Å²) in [5, 5.41) is 14.8. The number of amides is 1. The number of hydrogen-bond donors (Lipinski definition) is 3. The molecule has 0 aliphatic heterocycles. The number of aliphatic hydroxyl groups excluding tert-OH is 1. The Morgan fingerprint density at radius 2 is 2.12 bits per heavy atom. The molecule has 0 spiro atoms. The van der Waals surface area contributed by atoms with Crippen molar-refractivity contribution in [2.75, 3.05) is 33.4 Å². The molecule has 0 aromatic carbocycles. The summed E-state index contributed by atoms with van der Waals surface area (Å²) < 4.78 is 4.82. The Kier molecular flexibility index (Phi) is 9.18. The van der Waals surface area contributed by atoms with E-state index in [1.807, 2.05) is 0 Å². The van der Waals surface area contributed by atoms with E-state index >= 15 is 0 Å². The predicted octanol–water partition coefficient (Wildman–Crippen LogP) is -0.254. The van der Waals surface area contributed by atoms with E-state index in [9.17, 15) is 4.79 Å². The highest BCUT2D eigenvalue weighted by molar-refractivity contribution is 5.77. The van der Waals surface area contributed by atoms with Gasteiger partial charge in [-0.1, -0.05) is 13.8 Å². The molecule has 5 heteroatoms. The zero-order valence-electron chi connectivity index (χ0n) is 10.5. The first-order valence-corrected chi connectivity index (χ1v) is 5.70. The summed E-state index contributed by atoms with van der Waals surface area (Å²) in [5.41, 5.74) is 0. The first-order chi connectivity index (χ1) is 7.60. The fourth-order valence-corrected chi connectivity index (χ4v) is 1.38. The lowest BCUT2D eigenvalue weighted by Gasteiger charge is -2.17. The van der Waals surface area contributed by atoms with Crippen LogP contribution in [0.25, 0.3) is 0 Å². The molecule has 0 fully saturated rings. The summed E-state index contributed by atoms with van der Waals surface area (Å²) in [6.45, 7) is 5.50. The molecule has 3 N–H and O–H groups in total. The molecule has 0 aromatic heterocycles. The van der Waals surface area contributed by atoms with Crippen molar-refractivity contribution < 1.29 is 14.6 Å². The minimum Gasteiger partial charge on any atom is -0.395 e. The molecule has 0 heterocycles. The molecule has 0 radical (unpaired) electrons. The zero-order chi connectivity index (χ0) is 12.4. The summed E-state index contributed by atoms with van der Waals surface area (Å²) >= 11 is 0. The van der Waals surface area contributed by atoms with Crippen LogP contribution >= 0.6 is 0 Å². The maximum absolute atomic E-state index is 11.3. The van der Waals surface area contributed by atoms with E-state index in [0.29, 0.717) is 19.1 Å². The predicted molar refractivity (Wildman–Crippen MR) is 63.2 cm³/mol. The van der Waals surface area contributed by atoms with Gasteiger partial charge in [-0.05, 0) is 12.3 Å². The van der Waals surface area contributed by atoms with Gasteiger partial charge in [0.2, 0.25) is 5.91 Å². The Labute approximate surface area is 97.6 Å². The molecule has 0 aromatic rings. The van der Waals surface area contributed by atoms with E-state index < -0.39 is 0 Å². The van der Waals surface area contributed by atoms with Crippen molar-refractivity contribution in [2.45, 2.75) is 26.3 Å². The molecular formula is C11H24N2O3. The number of aliphatic hydroxyl groups is 1. The number of ether oxygens (including phenoxy) is 1. The van der Waals surface area contributed by atoms with Crippen molar-refractivity contribution in [2.24, 2.45) is 5.92 Å². The van der Waals surface area contributed by atoms with Gasteiger partial charge in [-0.3, -0.25) is 4.79 Å². The largest absolute Gasteiger partial charge is 0.395 e. The van der Waals surface area contributed by atoms with Gasteiger partial charge in [0.05, 0.1) is 19.8 Å². The second kappa shape index (κ2) is 9.57. The molecule has 0 aliphatic carbocycles. The molecule has 0 bridgehead atoms. The van der Waals surface area contributed by atoms with Crippen LogP contribution in [0.4, 0.5) is 0 Å². The van der Waals surface area contributed by atoms with Crippen molar-refractivity contribution in [1.82, 2.24) is 10.6 Å². The summed E-state index contributed by atoms with van der Waals surface area (Å²) in [7, 11) is 1.59. The van der Waals surface area contributed by atoms with Crippen LogP contribution in [0.1, 0.15) is 20.3 Å². The molecule has 0 rings (SSSR count). The van der Waals surface area contributed by atoms with Gasteiger partial charge in [-0.15, -0.1) is 0 Å². The molecule has 5 nitrogen and oxygen atoms in total. The van der Waals surface area contributed by atoms with Crippen LogP contribution in [0.2, 0.25) is 0 Å². The Hall–Kier alpha value is -0.650. The van der Waals surface area contributed by atoms with Gasteiger partial charge in [-0.2, -0.15) is 0 Å². The fraction of sp³-hybridized carbons (Fsp3) is 0.909. The van der Waals surface area contributed by atoms with E-state index in [2.05, 4.69) is 24.5 Å². The maximum Gasteiger partial charge on any atom is 0.234 e. The van der Waals surface area contributed by atoms with E-state index in [4.69, 9.17) is 9.84 Å². The smallest absolute Gasteiger partial charge is 0.234 e. The molecule has 96 valence electrons. The summed E-state index contributed by atoms with van der Waals surface area (Å²) in [6, 6.07) is -0.00632. The third-order valence-electron chi connectivity index (χ3n) is 2.16. The van der Waals surface area contributed by atoms with Crippen LogP contribution in [-0.4, -0.2) is 50.5 Å². The van der Waals surface area contributed by atoms with Crippen LogP contribution in [0, 0.1) is 5.92 Å². The Bertz CT molecular complexity index is 186. The zero-order valence-corrected chi connectivity index (χ0v) is 10.5. The number of nitrogens with one attached hydrogen (secondary N) is 2. The third kappa shape index (κ3) is 8.64. The van der Waals surface area contributed by atoms with Gasteiger partial charge in [0.15, 0.2) is 0 Å². The SMILES string of the molecule is COCCNC(=O)CNC(CO)CC(C)C. The third-order valence-corrected chi connectivity index (χ3v) is 2.16. The monoisotopic (exact) mass is 232 g/mol. The number of carbonyl (C=O) groups is 1. The van der Waals surface area contributed by atoms with Crippen LogP contribution in [0.5, 0.6) is 0 Å². The fourth-order valence-electron chi connectivity index (χ4n) is 1.38. The average Bonchev–Trinajstić information content (AvgIpc) is 2.24. The number of hydrogen-bond acceptors (Lipinski definition) is 4. The highest BCUT2D eigenvalue weighted by Gasteiger charge is 2.10. The van der Waals surface area contributed by atoms with Gasteiger partial charge in [0.1, 0.15) is 0 Å². The maximum atomic E-state index is 11.3. The second-order valence-electron chi connectivity index (χ2n) is 4.23. The van der Waals surface area contributed by atoms with Crippen molar-refractivity contribution >= 4 is 5.91 Å². The van der Waals surface area contributed by atoms with Gasteiger partial charge >= 0.3 is 0 Å². The molecule has 1 unspecified atom stereocenters. The van der Waals surface area contributed by atoms with Crippen LogP contribution in [0.3, 0.4) is 0 Å². The van der Waals surface area contributed by atoms with Crippen molar-refractivity contribution in [3.05, 3.63) is 0 Å². The molecule has 16 heavy (non-hydrogen) atoms. The summed E-state index contributed by atoms with van der Waals surface area (Å²) in [4.78, 5) is 11.3. The lowest BCUT2D eigenvalue weighted by atomic mass is 10.0. The highest BCUT2D eigenvalue weighted by atomic mass is 16.5. The molecule has 0 saturated carbocycles. The molecule has 0 aliphatic rings. The minimum atomic E-state index is -0.0701. The van der Waals surface area contributed by atoms with Crippen LogP contribution in [-0.2, 0) is 9.53 Å². The van der Waals surface area contributed by atoms with Crippen LogP contribution in [0.15, 0.2) is 0 Å². The summed E-state index contributed by atoms with van der Waals surface area (Å²) in [6.07, 6.45) is 0.863. The second-order valence-corrected chi connectivity index (χ2v) is 4.23. The highest BCUT2D eigenvalue weighted by Crippen LogP contribution is 2.03. The van der Waals surface area contributed by atoms with E-state index in [0.717, 1.165) is 6.42 Å². The lowest BCUT2D eigenvalue weighted by Crippen LogP contribution is -2.42. The molecule has 1 amide bonds. The van der Waals surface area contributed by atoms with Crippen molar-refractivity contribution in [3.63, 3.8) is 0 Å². The van der Waals surface area contributed by atoms with Crippen LogP contribution < -0.4 is 10.6 Å². The Morgan fingerprint density at radius 1 is 1.44 bits per heavy atom. The number of methoxy groups -OCH3 is 1. The van der Waals surface area contributed by atoms with Crippen molar-refractivity contribution in [3.8, 4) is 0 Å². The Balaban J connectivity index is 3.62. The topological polar surface area (TPSA) is 70.6 Å². The van der Waals surface area contributed by atoms with E-state index in [1.54, 1.807) is 7.11 Å². The number of carbonyl (C=O) groups excluding carboxylic acids is 1. The first-order valence-electron chi connectivity index (χ1n) is 5.70. The quantitative estimate of drug-likeness (QED) is 0.479. The summed E-state index contributed by atoms with van der Waals surface area (Å²) in [5.74, 6) is 0.431. The minimum absolute atomic E-state index is 0.00632. The van der Waals surface area contributed by atoms with Gasteiger partial charge < -0.3 is 20.5 Å². The van der Waals surface area contributed by atoms with Gasteiger partial charge in [0.25, 0.3) is 0 Å². The van der Waals surface area contributed by atoms with E-state index in [1.165, 1.54) is 0 Å². The lowest BCUT2D eigenvalue weighted by molar-refractivity contribution is -0.120. The van der Waals surface area contributed by atoms with E-state index in [-0.39, 0.29) is 25.1 Å². The van der Waals surface area contributed by atoms with Crippen molar-refractivity contribution in [1.29, 1.82) is 0 Å². The van der Waals surface area contributed by atoms with Gasteiger partial charge in [-0.25, -0.2) is 0 Å². The normalized spacial score (nSPS) is 12.8. The molecule has 1 atom stereocenters. The molecular weight excluding hydrogens is 208 g/mol.